The van der Waals surface area contributed by atoms with Gasteiger partial charge in [-0.25, -0.2) is 4.39 Å². The highest BCUT2D eigenvalue weighted by Gasteiger charge is 2.22. The minimum atomic E-state index is -0.406. The summed E-state index contributed by atoms with van der Waals surface area (Å²) >= 11 is 1.29. The van der Waals surface area contributed by atoms with Crippen molar-refractivity contribution in [2.24, 2.45) is 0 Å². The highest BCUT2D eigenvalue weighted by molar-refractivity contribution is 8.00. The third kappa shape index (κ3) is 4.39. The van der Waals surface area contributed by atoms with Crippen molar-refractivity contribution in [2.75, 3.05) is 0 Å². The third-order valence-electron chi connectivity index (χ3n) is 4.47. The number of para-hydroxylation sites is 1. The second kappa shape index (κ2) is 8.52. The Kier molecular flexibility index (Phi) is 6.08. The highest BCUT2D eigenvalue weighted by atomic mass is 32.2. The van der Waals surface area contributed by atoms with Gasteiger partial charge in [-0.15, -0.1) is 5.10 Å². The van der Waals surface area contributed by atoms with Crippen molar-refractivity contribution in [1.29, 1.82) is 0 Å². The minimum absolute atomic E-state index is 0.141. The molecule has 1 N–H and O–H groups in total. The summed E-state index contributed by atoms with van der Waals surface area (Å²) in [6.07, 6.45) is 0. The number of carbonyl (C=O) groups is 1. The number of hydrogen-bond acceptors (Lipinski definition) is 5. The Morgan fingerprint density at radius 1 is 1.11 bits per heavy atom. The van der Waals surface area contributed by atoms with Crippen molar-refractivity contribution in [3.05, 3.63) is 65.0 Å². The predicted octanol–water partition coefficient (Wildman–Crippen LogP) is 3.78. The molecule has 3 aromatic rings. The number of aromatic nitrogens is 4. The molecule has 0 unspecified atom stereocenters. The van der Waals surface area contributed by atoms with Crippen LogP contribution in [0.5, 0.6) is 0 Å². The van der Waals surface area contributed by atoms with Crippen LogP contribution in [0, 0.1) is 19.7 Å². The van der Waals surface area contributed by atoms with Gasteiger partial charge in [-0.3, -0.25) is 4.79 Å². The number of aryl methyl sites for hydroxylation is 2. The first-order valence-corrected chi connectivity index (χ1v) is 9.82. The Balaban J connectivity index is 1.72. The SMILES string of the molecule is Cc1cccc(C)c1-n1nnnc1S[C@H](C)C(=O)N[C@@H](C)c1ccc(F)cc1. The number of nitrogens with one attached hydrogen (secondary N) is 1. The van der Waals surface area contributed by atoms with Gasteiger partial charge in [-0.05, 0) is 66.9 Å². The fourth-order valence-corrected chi connectivity index (χ4v) is 3.71. The molecule has 0 radical (unpaired) electrons. The molecule has 0 aliphatic carbocycles. The zero-order chi connectivity index (χ0) is 20.3. The molecule has 2 atom stereocenters. The van der Waals surface area contributed by atoms with Crippen molar-refractivity contribution >= 4 is 17.7 Å². The van der Waals surface area contributed by atoms with Gasteiger partial charge in [0.2, 0.25) is 11.1 Å². The molecule has 1 heterocycles. The number of tetrazole rings is 1. The second-order valence-corrected chi connectivity index (χ2v) is 7.96. The minimum Gasteiger partial charge on any atom is -0.349 e. The summed E-state index contributed by atoms with van der Waals surface area (Å²) in [5, 5.41) is 15.1. The molecule has 0 aliphatic rings. The Labute approximate surface area is 167 Å². The van der Waals surface area contributed by atoms with Crippen molar-refractivity contribution in [1.82, 2.24) is 25.5 Å². The van der Waals surface area contributed by atoms with Gasteiger partial charge < -0.3 is 5.32 Å². The average Bonchev–Trinajstić information content (AvgIpc) is 3.09. The quantitative estimate of drug-likeness (QED) is 0.639. The first kappa shape index (κ1) is 20.0. The number of benzene rings is 2. The van der Waals surface area contributed by atoms with E-state index in [1.165, 1.54) is 23.9 Å². The van der Waals surface area contributed by atoms with Gasteiger partial charge in [0.15, 0.2) is 0 Å². The van der Waals surface area contributed by atoms with Gasteiger partial charge in [0.25, 0.3) is 0 Å². The van der Waals surface area contributed by atoms with Crippen LogP contribution in [0.3, 0.4) is 0 Å². The normalized spacial score (nSPS) is 13.2. The monoisotopic (exact) mass is 399 g/mol. The molecule has 0 saturated carbocycles. The predicted molar refractivity (Wildman–Crippen MR) is 107 cm³/mol. The van der Waals surface area contributed by atoms with Gasteiger partial charge in [-0.2, -0.15) is 4.68 Å². The van der Waals surface area contributed by atoms with Crippen LogP contribution in [0.1, 0.15) is 36.6 Å². The molecule has 3 rings (SSSR count). The van der Waals surface area contributed by atoms with Crippen molar-refractivity contribution in [2.45, 2.75) is 44.1 Å². The Bertz CT molecular complexity index is 953. The Morgan fingerprint density at radius 3 is 2.39 bits per heavy atom. The number of thioether (sulfide) groups is 1. The van der Waals surface area contributed by atoms with Crippen LogP contribution in [0.25, 0.3) is 5.69 Å². The molecule has 1 aromatic heterocycles. The topological polar surface area (TPSA) is 72.7 Å². The lowest BCUT2D eigenvalue weighted by atomic mass is 10.1. The molecule has 0 aliphatic heterocycles. The largest absolute Gasteiger partial charge is 0.349 e. The molecule has 1 amide bonds. The van der Waals surface area contributed by atoms with E-state index < -0.39 is 5.25 Å². The van der Waals surface area contributed by atoms with Crippen molar-refractivity contribution in [3.8, 4) is 5.69 Å². The number of hydrogen-bond donors (Lipinski definition) is 1. The zero-order valence-electron chi connectivity index (χ0n) is 16.2. The maximum absolute atomic E-state index is 13.1. The van der Waals surface area contributed by atoms with E-state index in [0.717, 1.165) is 22.4 Å². The molecule has 2 aromatic carbocycles. The number of rotatable bonds is 6. The van der Waals surface area contributed by atoms with Crippen LogP contribution in [0.4, 0.5) is 4.39 Å². The van der Waals surface area contributed by atoms with Crippen LogP contribution in [0.15, 0.2) is 47.6 Å². The highest BCUT2D eigenvalue weighted by Crippen LogP contribution is 2.26. The summed E-state index contributed by atoms with van der Waals surface area (Å²) in [4.78, 5) is 12.6. The maximum Gasteiger partial charge on any atom is 0.233 e. The summed E-state index contributed by atoms with van der Waals surface area (Å²) < 4.78 is 14.7. The van der Waals surface area contributed by atoms with Crippen LogP contribution in [0.2, 0.25) is 0 Å². The molecular formula is C20H22FN5OS. The molecule has 0 spiro atoms. The molecular weight excluding hydrogens is 377 g/mol. The van der Waals surface area contributed by atoms with E-state index in [1.807, 2.05) is 39.0 Å². The Hall–Kier alpha value is -2.74. The van der Waals surface area contributed by atoms with Crippen molar-refractivity contribution in [3.63, 3.8) is 0 Å². The lowest BCUT2D eigenvalue weighted by Crippen LogP contribution is -2.33. The lowest BCUT2D eigenvalue weighted by Gasteiger charge is -2.18. The lowest BCUT2D eigenvalue weighted by molar-refractivity contribution is -0.120. The van der Waals surface area contributed by atoms with Gasteiger partial charge in [0.1, 0.15) is 5.82 Å². The van der Waals surface area contributed by atoms with Crippen molar-refractivity contribution < 1.29 is 9.18 Å². The number of halogens is 1. The van der Waals surface area contributed by atoms with E-state index in [4.69, 9.17) is 0 Å². The van der Waals surface area contributed by atoms with E-state index in [1.54, 1.807) is 23.7 Å². The van der Waals surface area contributed by atoms with Crippen LogP contribution in [-0.2, 0) is 4.79 Å². The standard InChI is InChI=1S/C20H22FN5OS/c1-12-6-5-7-13(2)18(12)26-20(23-24-25-26)28-15(4)19(27)22-14(3)16-8-10-17(21)11-9-16/h5-11,14-15H,1-4H3,(H,22,27)/t14-,15+/m0/s1. The van der Waals surface area contributed by atoms with Gasteiger partial charge >= 0.3 is 0 Å². The summed E-state index contributed by atoms with van der Waals surface area (Å²) in [5.74, 6) is -0.442. The summed E-state index contributed by atoms with van der Waals surface area (Å²) in [5.41, 5.74) is 3.86. The zero-order valence-corrected chi connectivity index (χ0v) is 17.0. The number of carbonyl (C=O) groups excluding carboxylic acids is 1. The number of nitrogens with zero attached hydrogens (tertiary/aromatic N) is 4. The molecule has 28 heavy (non-hydrogen) atoms. The maximum atomic E-state index is 13.1. The smallest absolute Gasteiger partial charge is 0.233 e. The third-order valence-corrected chi connectivity index (χ3v) is 5.51. The van der Waals surface area contributed by atoms with E-state index in [0.29, 0.717) is 5.16 Å². The summed E-state index contributed by atoms with van der Waals surface area (Å²) in [7, 11) is 0. The summed E-state index contributed by atoms with van der Waals surface area (Å²) in [6, 6.07) is 11.9. The number of amides is 1. The fraction of sp³-hybridized carbons (Fsp3) is 0.300. The molecule has 0 fully saturated rings. The van der Waals surface area contributed by atoms with E-state index in [2.05, 4.69) is 20.8 Å². The first-order valence-electron chi connectivity index (χ1n) is 8.94. The van der Waals surface area contributed by atoms with Crippen LogP contribution < -0.4 is 5.32 Å². The molecule has 0 saturated heterocycles. The van der Waals surface area contributed by atoms with Crippen LogP contribution >= 0.6 is 11.8 Å². The average molecular weight is 399 g/mol. The Morgan fingerprint density at radius 2 is 1.75 bits per heavy atom. The van der Waals surface area contributed by atoms with Crippen LogP contribution in [-0.4, -0.2) is 31.4 Å². The molecule has 146 valence electrons. The van der Waals surface area contributed by atoms with Gasteiger partial charge in [0, 0.05) is 0 Å². The second-order valence-electron chi connectivity index (χ2n) is 6.66. The fourth-order valence-electron chi connectivity index (χ4n) is 2.91. The van der Waals surface area contributed by atoms with E-state index in [-0.39, 0.29) is 17.8 Å². The molecule has 6 nitrogen and oxygen atoms in total. The summed E-state index contributed by atoms with van der Waals surface area (Å²) in [6.45, 7) is 7.67. The van der Waals surface area contributed by atoms with Gasteiger partial charge in [0.05, 0.1) is 17.0 Å². The van der Waals surface area contributed by atoms with E-state index in [9.17, 15) is 9.18 Å². The first-order chi connectivity index (χ1) is 13.4. The van der Waals surface area contributed by atoms with E-state index >= 15 is 0 Å². The molecule has 8 heteroatoms. The van der Waals surface area contributed by atoms with Gasteiger partial charge in [-0.1, -0.05) is 42.1 Å². The molecule has 0 bridgehead atoms.